The second-order valence-electron chi connectivity index (χ2n) is 4.52. The summed E-state index contributed by atoms with van der Waals surface area (Å²) in [5.41, 5.74) is 0.839. The average molecular weight is 273 g/mol. The van der Waals surface area contributed by atoms with Gasteiger partial charge in [0, 0.05) is 0 Å². The molecular formula is C15H15NO4. The highest BCUT2D eigenvalue weighted by atomic mass is 16.4. The molecule has 5 heteroatoms. The van der Waals surface area contributed by atoms with E-state index in [1.807, 2.05) is 42.5 Å². The van der Waals surface area contributed by atoms with Crippen molar-refractivity contribution >= 4 is 22.6 Å². The van der Waals surface area contributed by atoms with Crippen molar-refractivity contribution < 1.29 is 19.8 Å². The van der Waals surface area contributed by atoms with Crippen LogP contribution in [-0.2, 0) is 16.0 Å². The van der Waals surface area contributed by atoms with Crippen LogP contribution < -0.4 is 5.32 Å². The molecule has 104 valence electrons. The van der Waals surface area contributed by atoms with E-state index < -0.39 is 12.1 Å². The number of hydrogen-bond acceptors (Lipinski definition) is 3. The van der Waals surface area contributed by atoms with Crippen LogP contribution in [0.2, 0.25) is 0 Å². The zero-order chi connectivity index (χ0) is 14.5. The third-order valence-electron chi connectivity index (χ3n) is 2.96. The van der Waals surface area contributed by atoms with Gasteiger partial charge in [-0.1, -0.05) is 42.5 Å². The monoisotopic (exact) mass is 273 g/mol. The Morgan fingerprint density at radius 3 is 2.50 bits per heavy atom. The van der Waals surface area contributed by atoms with E-state index >= 15 is 0 Å². The van der Waals surface area contributed by atoms with Crippen molar-refractivity contribution in [1.82, 2.24) is 5.32 Å². The Morgan fingerprint density at radius 1 is 1.10 bits per heavy atom. The van der Waals surface area contributed by atoms with Gasteiger partial charge in [0.05, 0.1) is 13.0 Å². The van der Waals surface area contributed by atoms with E-state index in [1.165, 1.54) is 0 Å². The lowest BCUT2D eigenvalue weighted by Gasteiger charge is -2.08. The van der Waals surface area contributed by atoms with Crippen LogP contribution in [-0.4, -0.2) is 34.7 Å². The van der Waals surface area contributed by atoms with Gasteiger partial charge >= 0.3 is 5.97 Å². The highest BCUT2D eigenvalue weighted by molar-refractivity contribution is 5.85. The lowest BCUT2D eigenvalue weighted by atomic mass is 10.0. The summed E-state index contributed by atoms with van der Waals surface area (Å²) < 4.78 is 0. The number of carboxylic acid groups (broad SMARTS) is 1. The summed E-state index contributed by atoms with van der Waals surface area (Å²) in [4.78, 5) is 22.1. The van der Waals surface area contributed by atoms with Crippen molar-refractivity contribution in [1.29, 1.82) is 0 Å². The summed E-state index contributed by atoms with van der Waals surface area (Å²) in [6.45, 7) is -0.290. The Kier molecular flexibility index (Phi) is 4.32. The molecular weight excluding hydrogens is 258 g/mol. The van der Waals surface area contributed by atoms with Crippen molar-refractivity contribution in [3.8, 4) is 0 Å². The maximum Gasteiger partial charge on any atom is 0.334 e. The number of amides is 1. The van der Waals surface area contributed by atoms with Gasteiger partial charge in [-0.05, 0) is 16.3 Å². The van der Waals surface area contributed by atoms with E-state index in [0.29, 0.717) is 0 Å². The first-order valence-corrected chi connectivity index (χ1v) is 6.21. The van der Waals surface area contributed by atoms with Gasteiger partial charge in [-0.25, -0.2) is 4.79 Å². The SMILES string of the molecule is O=C(Cc1ccc2ccccc2c1)NC[C@H](O)C(=O)O. The van der Waals surface area contributed by atoms with E-state index in [9.17, 15) is 9.59 Å². The molecule has 0 aliphatic rings. The average Bonchev–Trinajstić information content (AvgIpc) is 2.44. The Morgan fingerprint density at radius 2 is 1.80 bits per heavy atom. The molecule has 3 N–H and O–H groups in total. The molecule has 2 rings (SSSR count). The van der Waals surface area contributed by atoms with Gasteiger partial charge in [-0.3, -0.25) is 4.79 Å². The molecule has 0 heterocycles. The van der Waals surface area contributed by atoms with Crippen molar-refractivity contribution in [3.05, 3.63) is 48.0 Å². The highest BCUT2D eigenvalue weighted by Gasteiger charge is 2.14. The first-order valence-electron chi connectivity index (χ1n) is 6.21. The Balaban J connectivity index is 1.97. The fourth-order valence-corrected chi connectivity index (χ4v) is 1.89. The molecule has 0 saturated heterocycles. The van der Waals surface area contributed by atoms with Gasteiger partial charge in [0.25, 0.3) is 0 Å². The van der Waals surface area contributed by atoms with Crippen molar-refractivity contribution in [2.75, 3.05) is 6.54 Å². The van der Waals surface area contributed by atoms with Crippen molar-refractivity contribution in [2.24, 2.45) is 0 Å². The third-order valence-corrected chi connectivity index (χ3v) is 2.96. The number of aliphatic carboxylic acids is 1. The number of aliphatic hydroxyl groups excluding tert-OH is 1. The molecule has 0 spiro atoms. The number of aliphatic hydroxyl groups is 1. The number of nitrogens with one attached hydrogen (secondary N) is 1. The molecule has 0 aliphatic carbocycles. The largest absolute Gasteiger partial charge is 0.479 e. The van der Waals surface area contributed by atoms with Gasteiger partial charge in [-0.15, -0.1) is 0 Å². The zero-order valence-electron chi connectivity index (χ0n) is 10.7. The first kappa shape index (κ1) is 14.0. The van der Waals surface area contributed by atoms with Gasteiger partial charge in [0.2, 0.25) is 5.91 Å². The molecule has 1 atom stereocenters. The number of benzene rings is 2. The molecule has 2 aromatic rings. The van der Waals surface area contributed by atoms with E-state index in [1.54, 1.807) is 0 Å². The van der Waals surface area contributed by atoms with Gasteiger partial charge in [-0.2, -0.15) is 0 Å². The lowest BCUT2D eigenvalue weighted by molar-refractivity contribution is -0.146. The molecule has 0 aliphatic heterocycles. The van der Waals surface area contributed by atoms with Crippen LogP contribution in [0.5, 0.6) is 0 Å². The maximum absolute atomic E-state index is 11.7. The number of hydrogen-bond donors (Lipinski definition) is 3. The Labute approximate surface area is 115 Å². The second kappa shape index (κ2) is 6.16. The highest BCUT2D eigenvalue weighted by Crippen LogP contribution is 2.15. The summed E-state index contributed by atoms with van der Waals surface area (Å²) in [6.07, 6.45) is -1.42. The molecule has 0 bridgehead atoms. The standard InChI is InChI=1S/C15H15NO4/c17-13(15(19)20)9-16-14(18)8-10-5-6-11-3-1-2-4-12(11)7-10/h1-7,13,17H,8-9H2,(H,16,18)(H,19,20)/t13-/m0/s1. The molecule has 0 fully saturated rings. The number of carbonyl (C=O) groups is 2. The fraction of sp³-hybridized carbons (Fsp3) is 0.200. The third kappa shape index (κ3) is 3.55. The van der Waals surface area contributed by atoms with Crippen LogP contribution >= 0.6 is 0 Å². The molecule has 0 radical (unpaired) electrons. The van der Waals surface area contributed by atoms with Crippen LogP contribution in [0.15, 0.2) is 42.5 Å². The van der Waals surface area contributed by atoms with Crippen molar-refractivity contribution in [2.45, 2.75) is 12.5 Å². The normalized spacial score (nSPS) is 12.1. The maximum atomic E-state index is 11.7. The summed E-state index contributed by atoms with van der Waals surface area (Å²) in [5.74, 6) is -1.67. The summed E-state index contributed by atoms with van der Waals surface area (Å²) in [5, 5.41) is 22.1. The summed E-state index contributed by atoms with van der Waals surface area (Å²) >= 11 is 0. The minimum Gasteiger partial charge on any atom is -0.479 e. The number of carbonyl (C=O) groups excluding carboxylic acids is 1. The zero-order valence-corrected chi connectivity index (χ0v) is 10.7. The van der Waals surface area contributed by atoms with E-state index in [4.69, 9.17) is 10.2 Å². The van der Waals surface area contributed by atoms with Crippen LogP contribution in [0, 0.1) is 0 Å². The van der Waals surface area contributed by atoms with E-state index in [2.05, 4.69) is 5.32 Å². The summed E-state index contributed by atoms with van der Waals surface area (Å²) in [6, 6.07) is 13.5. The molecule has 0 unspecified atom stereocenters. The lowest BCUT2D eigenvalue weighted by Crippen LogP contribution is -2.37. The minimum atomic E-state index is -1.57. The molecule has 2 aromatic carbocycles. The van der Waals surface area contributed by atoms with E-state index in [-0.39, 0.29) is 18.9 Å². The minimum absolute atomic E-state index is 0.150. The molecule has 5 nitrogen and oxygen atoms in total. The molecule has 20 heavy (non-hydrogen) atoms. The summed E-state index contributed by atoms with van der Waals surface area (Å²) in [7, 11) is 0. The second-order valence-corrected chi connectivity index (χ2v) is 4.52. The van der Waals surface area contributed by atoms with Crippen molar-refractivity contribution in [3.63, 3.8) is 0 Å². The molecule has 0 saturated carbocycles. The van der Waals surface area contributed by atoms with Crippen LogP contribution in [0.4, 0.5) is 0 Å². The van der Waals surface area contributed by atoms with Crippen LogP contribution in [0.25, 0.3) is 10.8 Å². The smallest absolute Gasteiger partial charge is 0.334 e. The Bertz CT molecular complexity index is 639. The number of fused-ring (bicyclic) bond motifs is 1. The van der Waals surface area contributed by atoms with E-state index in [0.717, 1.165) is 16.3 Å². The molecule has 0 aromatic heterocycles. The number of rotatable bonds is 5. The predicted molar refractivity (Wildman–Crippen MR) is 74.3 cm³/mol. The first-order chi connectivity index (χ1) is 9.56. The van der Waals surface area contributed by atoms with Crippen LogP contribution in [0.3, 0.4) is 0 Å². The quantitative estimate of drug-likeness (QED) is 0.757. The molecule has 1 amide bonds. The number of carboxylic acids is 1. The van der Waals surface area contributed by atoms with Gasteiger partial charge in [0.1, 0.15) is 0 Å². The predicted octanol–water partition coefficient (Wildman–Crippen LogP) is 0.944. The Hall–Kier alpha value is -2.40. The van der Waals surface area contributed by atoms with Crippen LogP contribution in [0.1, 0.15) is 5.56 Å². The van der Waals surface area contributed by atoms with Gasteiger partial charge < -0.3 is 15.5 Å². The topological polar surface area (TPSA) is 86.6 Å². The fourth-order valence-electron chi connectivity index (χ4n) is 1.89. The van der Waals surface area contributed by atoms with Gasteiger partial charge in [0.15, 0.2) is 6.10 Å².